The Morgan fingerprint density at radius 1 is 1.22 bits per heavy atom. The molecule has 0 radical (unpaired) electrons. The van der Waals surface area contributed by atoms with Crippen LogP contribution < -0.4 is 10.2 Å². The minimum absolute atomic E-state index is 0.159. The van der Waals surface area contributed by atoms with E-state index in [1.54, 1.807) is 12.1 Å². The molecule has 4 rings (SSSR count). The molecule has 0 amide bonds. The summed E-state index contributed by atoms with van der Waals surface area (Å²) in [5.41, 5.74) is 4.26. The zero-order chi connectivity index (χ0) is 19.0. The van der Waals surface area contributed by atoms with Crippen molar-refractivity contribution in [1.82, 2.24) is 4.98 Å². The van der Waals surface area contributed by atoms with Crippen molar-refractivity contribution in [3.05, 3.63) is 81.0 Å². The Balaban J connectivity index is 1.61. The predicted octanol–water partition coefficient (Wildman–Crippen LogP) is 4.88. The largest absolute Gasteiger partial charge is 0.483 e. The zero-order valence-corrected chi connectivity index (χ0v) is 15.8. The van der Waals surface area contributed by atoms with Crippen LogP contribution in [0.25, 0.3) is 5.57 Å². The van der Waals surface area contributed by atoms with Crippen molar-refractivity contribution >= 4 is 5.57 Å². The molecular weight excluding hydrogens is 341 g/mol. The molecule has 0 fully saturated rings. The van der Waals surface area contributed by atoms with Gasteiger partial charge in [-0.25, -0.2) is 4.39 Å². The number of ether oxygens (including phenoxy) is 1. The number of aryl methyl sites for hydroxylation is 2. The average Bonchev–Trinajstić information content (AvgIpc) is 2.63. The van der Waals surface area contributed by atoms with Crippen LogP contribution in [0.15, 0.2) is 47.3 Å². The lowest BCUT2D eigenvalue weighted by atomic mass is 9.87. The Labute approximate surface area is 158 Å². The van der Waals surface area contributed by atoms with Crippen LogP contribution >= 0.6 is 0 Å². The van der Waals surface area contributed by atoms with Gasteiger partial charge in [0.15, 0.2) is 5.43 Å². The average molecular weight is 365 g/mol. The van der Waals surface area contributed by atoms with E-state index in [4.69, 9.17) is 4.74 Å². The summed E-state index contributed by atoms with van der Waals surface area (Å²) < 4.78 is 19.4. The highest BCUT2D eigenvalue weighted by Gasteiger charge is 2.27. The molecule has 0 spiro atoms. The van der Waals surface area contributed by atoms with Gasteiger partial charge in [-0.1, -0.05) is 18.2 Å². The van der Waals surface area contributed by atoms with Crippen molar-refractivity contribution in [3.8, 4) is 5.75 Å². The molecule has 1 aromatic heterocycles. The van der Waals surface area contributed by atoms with E-state index in [1.165, 1.54) is 12.1 Å². The summed E-state index contributed by atoms with van der Waals surface area (Å²) in [7, 11) is 0. The van der Waals surface area contributed by atoms with Crippen molar-refractivity contribution < 1.29 is 9.13 Å². The van der Waals surface area contributed by atoms with E-state index in [2.05, 4.69) is 4.98 Å². The van der Waals surface area contributed by atoms with Gasteiger partial charge in [-0.2, -0.15) is 0 Å². The number of halogens is 1. The third kappa shape index (κ3) is 3.48. The number of benzene rings is 1. The summed E-state index contributed by atoms with van der Waals surface area (Å²) in [4.78, 5) is 16.5. The lowest BCUT2D eigenvalue weighted by molar-refractivity contribution is 0.142. The molecule has 0 bridgehead atoms. The van der Waals surface area contributed by atoms with Gasteiger partial charge in [0, 0.05) is 35.0 Å². The van der Waals surface area contributed by atoms with Crippen LogP contribution in [0.5, 0.6) is 5.75 Å². The van der Waals surface area contributed by atoms with Crippen LogP contribution in [0.3, 0.4) is 0 Å². The van der Waals surface area contributed by atoms with Crippen molar-refractivity contribution in [2.75, 3.05) is 0 Å². The number of hydrogen-bond acceptors (Lipinski definition) is 2. The molecule has 2 aliphatic rings. The fourth-order valence-electron chi connectivity index (χ4n) is 4.03. The molecular formula is C23H24FNO2. The molecule has 0 aliphatic heterocycles. The van der Waals surface area contributed by atoms with E-state index in [0.717, 1.165) is 53.8 Å². The first kappa shape index (κ1) is 17.8. The summed E-state index contributed by atoms with van der Waals surface area (Å²) in [5, 5.41) is 0. The van der Waals surface area contributed by atoms with Crippen LogP contribution in [0.2, 0.25) is 0 Å². The van der Waals surface area contributed by atoms with E-state index in [9.17, 15) is 9.18 Å². The standard InChI is InChI=1S/C23H24FNO2/c1-15-21(22(26)19-8-3-4-9-20(19)25-15)16-10-12-23(2,13-11-16)27-18-7-5-6-17(24)14-18/h5-7,10-12,14H,3-4,8-9,13H2,1-2H3,(H,25,26). The number of pyridine rings is 1. The summed E-state index contributed by atoms with van der Waals surface area (Å²) in [5.74, 6) is 0.185. The molecule has 1 atom stereocenters. The van der Waals surface area contributed by atoms with Crippen LogP contribution in [-0.4, -0.2) is 10.6 Å². The number of rotatable bonds is 3. The van der Waals surface area contributed by atoms with Crippen molar-refractivity contribution in [2.24, 2.45) is 0 Å². The second-order valence-electron chi connectivity index (χ2n) is 7.69. The minimum Gasteiger partial charge on any atom is -0.483 e. The smallest absolute Gasteiger partial charge is 0.193 e. The van der Waals surface area contributed by atoms with E-state index in [1.807, 2.05) is 32.1 Å². The van der Waals surface area contributed by atoms with E-state index in [0.29, 0.717) is 12.2 Å². The molecule has 140 valence electrons. The van der Waals surface area contributed by atoms with Gasteiger partial charge in [-0.15, -0.1) is 0 Å². The molecule has 1 aromatic carbocycles. The third-order valence-corrected chi connectivity index (χ3v) is 5.46. The monoisotopic (exact) mass is 365 g/mol. The Bertz CT molecular complexity index is 1000. The molecule has 1 unspecified atom stereocenters. The Morgan fingerprint density at radius 2 is 2.04 bits per heavy atom. The third-order valence-electron chi connectivity index (χ3n) is 5.46. The van der Waals surface area contributed by atoms with Gasteiger partial charge in [0.05, 0.1) is 0 Å². The maximum absolute atomic E-state index is 13.4. The van der Waals surface area contributed by atoms with Gasteiger partial charge in [0.25, 0.3) is 0 Å². The molecule has 1 heterocycles. The molecule has 1 N–H and O–H groups in total. The van der Waals surface area contributed by atoms with E-state index in [-0.39, 0.29) is 11.2 Å². The van der Waals surface area contributed by atoms with Gasteiger partial charge in [-0.3, -0.25) is 4.79 Å². The highest BCUT2D eigenvalue weighted by atomic mass is 19.1. The molecule has 2 aliphatic carbocycles. The van der Waals surface area contributed by atoms with Gasteiger partial charge >= 0.3 is 0 Å². The van der Waals surface area contributed by atoms with Crippen LogP contribution in [-0.2, 0) is 12.8 Å². The van der Waals surface area contributed by atoms with Gasteiger partial charge < -0.3 is 9.72 Å². The lowest BCUT2D eigenvalue weighted by Crippen LogP contribution is -2.31. The molecule has 4 heteroatoms. The Hall–Kier alpha value is -2.62. The van der Waals surface area contributed by atoms with Crippen molar-refractivity contribution in [3.63, 3.8) is 0 Å². The van der Waals surface area contributed by atoms with Gasteiger partial charge in [-0.05, 0) is 63.3 Å². The van der Waals surface area contributed by atoms with Gasteiger partial charge in [0.2, 0.25) is 0 Å². The number of allylic oxidation sites excluding steroid dienone is 2. The maximum Gasteiger partial charge on any atom is 0.193 e. The first-order valence-corrected chi connectivity index (χ1v) is 9.54. The van der Waals surface area contributed by atoms with Crippen LogP contribution in [0, 0.1) is 12.7 Å². The normalized spacial score (nSPS) is 21.5. The first-order valence-electron chi connectivity index (χ1n) is 9.54. The zero-order valence-electron chi connectivity index (χ0n) is 15.8. The highest BCUT2D eigenvalue weighted by molar-refractivity contribution is 5.77. The maximum atomic E-state index is 13.4. The second-order valence-corrected chi connectivity index (χ2v) is 7.69. The van der Waals surface area contributed by atoms with Crippen LogP contribution in [0.1, 0.15) is 48.7 Å². The fraction of sp³-hybridized carbons (Fsp3) is 0.348. The molecule has 0 saturated heterocycles. The number of H-pyrrole nitrogens is 1. The summed E-state index contributed by atoms with van der Waals surface area (Å²) in [6.07, 6.45) is 10.6. The number of hydrogen-bond donors (Lipinski definition) is 1. The molecule has 3 nitrogen and oxygen atoms in total. The Morgan fingerprint density at radius 3 is 2.78 bits per heavy atom. The summed E-state index contributed by atoms with van der Waals surface area (Å²) in [6.45, 7) is 3.93. The number of fused-ring (bicyclic) bond motifs is 1. The first-order chi connectivity index (χ1) is 13.0. The highest BCUT2D eigenvalue weighted by Crippen LogP contribution is 2.31. The summed E-state index contributed by atoms with van der Waals surface area (Å²) >= 11 is 0. The van der Waals surface area contributed by atoms with Gasteiger partial charge in [0.1, 0.15) is 17.2 Å². The number of aromatic nitrogens is 1. The predicted molar refractivity (Wildman–Crippen MR) is 106 cm³/mol. The van der Waals surface area contributed by atoms with Crippen molar-refractivity contribution in [2.45, 2.75) is 51.6 Å². The van der Waals surface area contributed by atoms with E-state index >= 15 is 0 Å². The van der Waals surface area contributed by atoms with Crippen LogP contribution in [0.4, 0.5) is 4.39 Å². The quantitative estimate of drug-likeness (QED) is 0.842. The Kier molecular flexibility index (Phi) is 4.50. The van der Waals surface area contributed by atoms with E-state index < -0.39 is 5.60 Å². The topological polar surface area (TPSA) is 42.1 Å². The number of aromatic amines is 1. The minimum atomic E-state index is -0.563. The number of nitrogens with one attached hydrogen (secondary N) is 1. The molecule has 2 aromatic rings. The molecule has 27 heavy (non-hydrogen) atoms. The van der Waals surface area contributed by atoms with Crippen molar-refractivity contribution in [1.29, 1.82) is 0 Å². The summed E-state index contributed by atoms with van der Waals surface area (Å²) in [6, 6.07) is 6.17. The SMILES string of the molecule is Cc1[nH]c2c(c(=O)c1C1=CCC(C)(Oc3cccc(F)c3)C=C1)CCCC2. The second kappa shape index (κ2) is 6.84. The molecule has 0 saturated carbocycles. The fourth-order valence-corrected chi connectivity index (χ4v) is 4.03. The lowest BCUT2D eigenvalue weighted by Gasteiger charge is -2.30.